The van der Waals surface area contributed by atoms with Crippen LogP contribution in [0.4, 0.5) is 5.69 Å². The van der Waals surface area contributed by atoms with E-state index >= 15 is 0 Å². The van der Waals surface area contributed by atoms with E-state index < -0.39 is 0 Å². The molecule has 0 spiro atoms. The van der Waals surface area contributed by atoms with Crippen molar-refractivity contribution in [3.63, 3.8) is 0 Å². The van der Waals surface area contributed by atoms with E-state index in [1.807, 2.05) is 47.4 Å². The Labute approximate surface area is 130 Å². The van der Waals surface area contributed by atoms with Gasteiger partial charge in [0.1, 0.15) is 5.75 Å². The number of ether oxygens (including phenoxy) is 2. The van der Waals surface area contributed by atoms with Crippen LogP contribution in [0.15, 0.2) is 48.5 Å². The maximum absolute atomic E-state index is 12.9. The molecule has 1 unspecified atom stereocenters. The van der Waals surface area contributed by atoms with Gasteiger partial charge in [0.2, 0.25) is 0 Å². The summed E-state index contributed by atoms with van der Waals surface area (Å²) >= 11 is 0. The van der Waals surface area contributed by atoms with E-state index in [4.69, 9.17) is 9.47 Å². The molecule has 0 aliphatic carbocycles. The summed E-state index contributed by atoms with van der Waals surface area (Å²) in [5, 5.41) is 0. The summed E-state index contributed by atoms with van der Waals surface area (Å²) in [6.45, 7) is 0.644. The second kappa shape index (κ2) is 6.20. The lowest BCUT2D eigenvalue weighted by atomic mass is 9.98. The Hall–Kier alpha value is -2.33. The van der Waals surface area contributed by atoms with E-state index in [0.717, 1.165) is 17.7 Å². The van der Waals surface area contributed by atoms with Crippen molar-refractivity contribution in [1.29, 1.82) is 0 Å². The molecule has 1 atom stereocenters. The molecule has 4 nitrogen and oxygen atoms in total. The highest BCUT2D eigenvalue weighted by Gasteiger charge is 2.28. The summed E-state index contributed by atoms with van der Waals surface area (Å²) in [4.78, 5) is 14.7. The Morgan fingerprint density at radius 1 is 1.14 bits per heavy atom. The number of hydrogen-bond donors (Lipinski definition) is 0. The second-order valence-electron chi connectivity index (χ2n) is 5.26. The molecular formula is C18H19NO3. The highest BCUT2D eigenvalue weighted by Crippen LogP contribution is 2.36. The van der Waals surface area contributed by atoms with Crippen molar-refractivity contribution in [2.75, 3.05) is 25.7 Å². The fraction of sp³-hybridized carbons (Fsp3) is 0.278. The van der Waals surface area contributed by atoms with Gasteiger partial charge in [0.05, 0.1) is 13.2 Å². The lowest BCUT2D eigenvalue weighted by Gasteiger charge is -2.33. The third-order valence-corrected chi connectivity index (χ3v) is 4.04. The summed E-state index contributed by atoms with van der Waals surface area (Å²) in [6.07, 6.45) is 0.842. The van der Waals surface area contributed by atoms with Crippen LogP contribution < -0.4 is 9.64 Å². The van der Waals surface area contributed by atoms with E-state index in [-0.39, 0.29) is 12.0 Å². The van der Waals surface area contributed by atoms with Crippen molar-refractivity contribution in [3.05, 3.63) is 59.7 Å². The largest absolute Gasteiger partial charge is 0.497 e. The molecule has 22 heavy (non-hydrogen) atoms. The molecule has 3 rings (SSSR count). The number of benzene rings is 2. The van der Waals surface area contributed by atoms with Gasteiger partial charge in [0.15, 0.2) is 0 Å². The lowest BCUT2D eigenvalue weighted by molar-refractivity contribution is 0.0868. The van der Waals surface area contributed by atoms with Gasteiger partial charge in [-0.15, -0.1) is 0 Å². The summed E-state index contributed by atoms with van der Waals surface area (Å²) in [5.41, 5.74) is 2.62. The number of carbonyl (C=O) groups excluding carboxylic acids is 1. The van der Waals surface area contributed by atoms with E-state index in [2.05, 4.69) is 0 Å². The number of nitrogens with zero attached hydrogens (tertiary/aromatic N) is 1. The minimum Gasteiger partial charge on any atom is -0.497 e. The monoisotopic (exact) mass is 297 g/mol. The predicted molar refractivity (Wildman–Crippen MR) is 85.5 cm³/mol. The van der Waals surface area contributed by atoms with Crippen LogP contribution in [0.25, 0.3) is 0 Å². The van der Waals surface area contributed by atoms with E-state index in [9.17, 15) is 4.79 Å². The molecule has 0 saturated carbocycles. The van der Waals surface area contributed by atoms with Crippen LogP contribution in [0.2, 0.25) is 0 Å². The minimum atomic E-state index is -0.0131. The van der Waals surface area contributed by atoms with E-state index in [0.29, 0.717) is 17.9 Å². The van der Waals surface area contributed by atoms with Crippen LogP contribution in [-0.2, 0) is 4.74 Å². The normalized spacial score (nSPS) is 17.0. The molecule has 1 heterocycles. The van der Waals surface area contributed by atoms with Gasteiger partial charge in [-0.05, 0) is 30.7 Å². The van der Waals surface area contributed by atoms with Gasteiger partial charge in [-0.1, -0.05) is 24.3 Å². The van der Waals surface area contributed by atoms with Crippen LogP contribution in [-0.4, -0.2) is 26.7 Å². The quantitative estimate of drug-likeness (QED) is 0.871. The molecule has 2 aromatic carbocycles. The lowest BCUT2D eigenvalue weighted by Crippen LogP contribution is -2.37. The number of amides is 1. The Balaban J connectivity index is 1.96. The number of para-hydroxylation sites is 1. The van der Waals surface area contributed by atoms with Crippen LogP contribution in [0.1, 0.15) is 28.4 Å². The standard InChI is InChI=1S/C18H19NO3/c1-21-14-7-5-6-13(12-14)18(20)19-11-10-17(22-2)15-8-3-4-9-16(15)19/h3-9,12,17H,10-11H2,1-2H3. The van der Waals surface area contributed by atoms with Crippen LogP contribution in [0, 0.1) is 0 Å². The minimum absolute atomic E-state index is 0.0131. The molecule has 1 amide bonds. The maximum Gasteiger partial charge on any atom is 0.258 e. The number of carbonyl (C=O) groups is 1. The topological polar surface area (TPSA) is 38.8 Å². The maximum atomic E-state index is 12.9. The first-order valence-corrected chi connectivity index (χ1v) is 7.32. The summed E-state index contributed by atoms with van der Waals surface area (Å²) in [5.74, 6) is 0.673. The zero-order valence-electron chi connectivity index (χ0n) is 12.8. The molecular weight excluding hydrogens is 278 g/mol. The molecule has 0 fully saturated rings. The molecule has 1 aliphatic rings. The third-order valence-electron chi connectivity index (χ3n) is 4.04. The molecule has 0 saturated heterocycles. The van der Waals surface area contributed by atoms with Crippen molar-refractivity contribution in [2.24, 2.45) is 0 Å². The van der Waals surface area contributed by atoms with Gasteiger partial charge in [-0.3, -0.25) is 4.79 Å². The average molecular weight is 297 g/mol. The molecule has 114 valence electrons. The van der Waals surface area contributed by atoms with E-state index in [1.54, 1.807) is 20.3 Å². The van der Waals surface area contributed by atoms with Gasteiger partial charge >= 0.3 is 0 Å². The molecule has 4 heteroatoms. The Kier molecular flexibility index (Phi) is 4.11. The van der Waals surface area contributed by atoms with Crippen LogP contribution in [0.3, 0.4) is 0 Å². The number of anilines is 1. The van der Waals surface area contributed by atoms with Gasteiger partial charge in [0.25, 0.3) is 5.91 Å². The first-order valence-electron chi connectivity index (χ1n) is 7.32. The molecule has 0 N–H and O–H groups in total. The number of fused-ring (bicyclic) bond motifs is 1. The number of hydrogen-bond acceptors (Lipinski definition) is 3. The molecule has 0 bridgehead atoms. The van der Waals surface area contributed by atoms with Crippen molar-refractivity contribution in [1.82, 2.24) is 0 Å². The Morgan fingerprint density at radius 3 is 2.73 bits per heavy atom. The van der Waals surface area contributed by atoms with Crippen molar-refractivity contribution in [2.45, 2.75) is 12.5 Å². The van der Waals surface area contributed by atoms with Gasteiger partial charge < -0.3 is 14.4 Å². The fourth-order valence-electron chi connectivity index (χ4n) is 2.90. The summed E-state index contributed by atoms with van der Waals surface area (Å²) < 4.78 is 10.7. The fourth-order valence-corrected chi connectivity index (χ4v) is 2.90. The second-order valence-corrected chi connectivity index (χ2v) is 5.26. The highest BCUT2D eigenvalue weighted by atomic mass is 16.5. The van der Waals surface area contributed by atoms with Crippen molar-refractivity contribution < 1.29 is 14.3 Å². The van der Waals surface area contributed by atoms with Crippen molar-refractivity contribution in [3.8, 4) is 5.75 Å². The van der Waals surface area contributed by atoms with Gasteiger partial charge in [0, 0.05) is 30.5 Å². The van der Waals surface area contributed by atoms with Crippen molar-refractivity contribution >= 4 is 11.6 Å². The predicted octanol–water partition coefficient (Wildman–Crippen LogP) is 3.43. The van der Waals surface area contributed by atoms with E-state index in [1.165, 1.54) is 0 Å². The van der Waals surface area contributed by atoms with Gasteiger partial charge in [-0.25, -0.2) is 0 Å². The average Bonchev–Trinajstić information content (AvgIpc) is 2.60. The number of methoxy groups -OCH3 is 2. The molecule has 1 aliphatic heterocycles. The summed E-state index contributed by atoms with van der Waals surface area (Å²) in [7, 11) is 3.31. The van der Waals surface area contributed by atoms with Crippen LogP contribution >= 0.6 is 0 Å². The Morgan fingerprint density at radius 2 is 1.95 bits per heavy atom. The smallest absolute Gasteiger partial charge is 0.258 e. The summed E-state index contributed by atoms with van der Waals surface area (Å²) in [6, 6.07) is 15.2. The highest BCUT2D eigenvalue weighted by molar-refractivity contribution is 6.07. The zero-order valence-corrected chi connectivity index (χ0v) is 12.8. The SMILES string of the molecule is COc1cccc(C(=O)N2CCC(OC)c3ccccc32)c1. The van der Waals surface area contributed by atoms with Crippen LogP contribution in [0.5, 0.6) is 5.75 Å². The molecule has 0 radical (unpaired) electrons. The molecule has 0 aromatic heterocycles. The zero-order chi connectivity index (χ0) is 15.5. The number of rotatable bonds is 3. The van der Waals surface area contributed by atoms with Gasteiger partial charge in [-0.2, -0.15) is 0 Å². The first kappa shape index (κ1) is 14.6. The Bertz CT molecular complexity index is 684. The molecule has 2 aromatic rings. The first-order chi connectivity index (χ1) is 10.7. The third kappa shape index (κ3) is 2.57.